The molecule has 0 spiro atoms. The number of hydrogen-bond donors (Lipinski definition) is 2. The van der Waals surface area contributed by atoms with E-state index in [0.29, 0.717) is 0 Å². The lowest BCUT2D eigenvalue weighted by molar-refractivity contribution is -0.123. The quantitative estimate of drug-likeness (QED) is 0.681. The van der Waals surface area contributed by atoms with E-state index in [-0.39, 0.29) is 17.9 Å². The highest BCUT2D eigenvalue weighted by Gasteiger charge is 2.16. The van der Waals surface area contributed by atoms with Crippen LogP contribution in [-0.2, 0) is 4.79 Å². The fraction of sp³-hybridized carbons (Fsp3) is 0.923. The van der Waals surface area contributed by atoms with Crippen LogP contribution in [0.2, 0.25) is 0 Å². The molecule has 0 aliphatic carbocycles. The highest BCUT2D eigenvalue weighted by atomic mass is 16.2. The number of carbonyl (C=O) groups excluding carboxylic acids is 1. The second-order valence-corrected chi connectivity index (χ2v) is 5.32. The molecule has 1 fully saturated rings. The molecule has 100 valence electrons. The number of piperidine rings is 1. The Labute approximate surface area is 105 Å². The van der Waals surface area contributed by atoms with Gasteiger partial charge < -0.3 is 16.0 Å². The normalized spacial score (nSPS) is 19.3. The third-order valence-electron chi connectivity index (χ3n) is 3.42. The first-order chi connectivity index (χ1) is 8.11. The fourth-order valence-corrected chi connectivity index (χ4v) is 2.12. The predicted molar refractivity (Wildman–Crippen MR) is 70.7 cm³/mol. The first-order valence-electron chi connectivity index (χ1n) is 6.87. The van der Waals surface area contributed by atoms with E-state index in [9.17, 15) is 4.79 Å². The van der Waals surface area contributed by atoms with Crippen LogP contribution in [0.3, 0.4) is 0 Å². The number of carbonyl (C=O) groups is 1. The van der Waals surface area contributed by atoms with Crippen LogP contribution in [0, 0.1) is 5.92 Å². The molecule has 1 atom stereocenters. The summed E-state index contributed by atoms with van der Waals surface area (Å²) in [4.78, 5) is 14.1. The summed E-state index contributed by atoms with van der Waals surface area (Å²) in [6, 6.07) is -0.370. The molecule has 3 N–H and O–H groups in total. The summed E-state index contributed by atoms with van der Waals surface area (Å²) in [5, 5.41) is 2.91. The van der Waals surface area contributed by atoms with Gasteiger partial charge in [0, 0.05) is 6.54 Å². The second-order valence-electron chi connectivity index (χ2n) is 5.32. The lowest BCUT2D eigenvalue weighted by atomic mass is 10.1. The summed E-state index contributed by atoms with van der Waals surface area (Å²) in [7, 11) is 0. The zero-order valence-electron chi connectivity index (χ0n) is 11.2. The summed E-state index contributed by atoms with van der Waals surface area (Å²) in [5.74, 6) is 0.190. The third-order valence-corrected chi connectivity index (χ3v) is 3.42. The van der Waals surface area contributed by atoms with Crippen molar-refractivity contribution in [3.63, 3.8) is 0 Å². The molecule has 1 heterocycles. The van der Waals surface area contributed by atoms with E-state index in [2.05, 4.69) is 10.2 Å². The third kappa shape index (κ3) is 5.50. The van der Waals surface area contributed by atoms with E-state index < -0.39 is 0 Å². The van der Waals surface area contributed by atoms with Gasteiger partial charge in [-0.15, -0.1) is 0 Å². The van der Waals surface area contributed by atoms with Crippen LogP contribution in [-0.4, -0.2) is 43.0 Å². The van der Waals surface area contributed by atoms with Crippen LogP contribution in [0.25, 0.3) is 0 Å². The Balaban J connectivity index is 2.05. The molecule has 4 nitrogen and oxygen atoms in total. The number of rotatable bonds is 6. The van der Waals surface area contributed by atoms with Crippen molar-refractivity contribution in [1.29, 1.82) is 0 Å². The first kappa shape index (κ1) is 14.5. The van der Waals surface area contributed by atoms with Gasteiger partial charge in [-0.05, 0) is 44.8 Å². The molecule has 0 radical (unpaired) electrons. The molecule has 0 unspecified atom stereocenters. The summed E-state index contributed by atoms with van der Waals surface area (Å²) in [6.45, 7) is 8.22. The van der Waals surface area contributed by atoms with Gasteiger partial charge in [-0.3, -0.25) is 4.79 Å². The topological polar surface area (TPSA) is 58.4 Å². The molecule has 0 aromatic rings. The van der Waals surface area contributed by atoms with Gasteiger partial charge in [0.2, 0.25) is 5.91 Å². The standard InChI is InChI=1S/C13H27N3O/c1-11(2)12(14)13(17)15-7-6-10-16-8-4-3-5-9-16/h11-12H,3-10,14H2,1-2H3,(H,15,17)/t12-/m1/s1. The van der Waals surface area contributed by atoms with E-state index in [0.717, 1.165) is 19.5 Å². The van der Waals surface area contributed by atoms with Gasteiger partial charge in [0.25, 0.3) is 0 Å². The van der Waals surface area contributed by atoms with E-state index in [1.54, 1.807) is 0 Å². The largest absolute Gasteiger partial charge is 0.355 e. The molecule has 1 aliphatic rings. The van der Waals surface area contributed by atoms with E-state index in [4.69, 9.17) is 5.73 Å². The van der Waals surface area contributed by atoms with Crippen molar-refractivity contribution in [3.05, 3.63) is 0 Å². The van der Waals surface area contributed by atoms with Gasteiger partial charge in [-0.1, -0.05) is 20.3 Å². The molecule has 0 bridgehead atoms. The molecular weight excluding hydrogens is 214 g/mol. The van der Waals surface area contributed by atoms with Gasteiger partial charge >= 0.3 is 0 Å². The van der Waals surface area contributed by atoms with Crippen molar-refractivity contribution >= 4 is 5.91 Å². The molecule has 0 aromatic carbocycles. The van der Waals surface area contributed by atoms with Crippen LogP contribution < -0.4 is 11.1 Å². The fourth-order valence-electron chi connectivity index (χ4n) is 2.12. The Morgan fingerprint density at radius 1 is 1.29 bits per heavy atom. The molecule has 1 amide bonds. The number of likely N-dealkylation sites (tertiary alicyclic amines) is 1. The van der Waals surface area contributed by atoms with Crippen molar-refractivity contribution < 1.29 is 4.79 Å². The molecule has 17 heavy (non-hydrogen) atoms. The monoisotopic (exact) mass is 241 g/mol. The highest BCUT2D eigenvalue weighted by molar-refractivity contribution is 5.81. The summed E-state index contributed by atoms with van der Waals surface area (Å²) in [6.07, 6.45) is 5.04. The van der Waals surface area contributed by atoms with Crippen molar-refractivity contribution in [3.8, 4) is 0 Å². The van der Waals surface area contributed by atoms with E-state index >= 15 is 0 Å². The lowest BCUT2D eigenvalue weighted by Crippen LogP contribution is -2.44. The zero-order chi connectivity index (χ0) is 12.7. The number of amides is 1. The number of nitrogens with two attached hydrogens (primary N) is 1. The van der Waals surface area contributed by atoms with Crippen molar-refractivity contribution in [2.24, 2.45) is 11.7 Å². The average molecular weight is 241 g/mol. The second kappa shape index (κ2) is 7.67. The van der Waals surface area contributed by atoms with Crippen molar-refractivity contribution in [2.75, 3.05) is 26.2 Å². The minimum Gasteiger partial charge on any atom is -0.355 e. The lowest BCUT2D eigenvalue weighted by Gasteiger charge is -2.26. The van der Waals surface area contributed by atoms with Gasteiger partial charge in [-0.25, -0.2) is 0 Å². The molecule has 4 heteroatoms. The van der Waals surface area contributed by atoms with Crippen molar-refractivity contribution in [2.45, 2.75) is 45.6 Å². The summed E-state index contributed by atoms with van der Waals surface area (Å²) in [5.41, 5.74) is 5.76. The van der Waals surface area contributed by atoms with Crippen LogP contribution in [0.5, 0.6) is 0 Å². The highest BCUT2D eigenvalue weighted by Crippen LogP contribution is 2.08. The van der Waals surface area contributed by atoms with Crippen LogP contribution in [0.1, 0.15) is 39.5 Å². The smallest absolute Gasteiger partial charge is 0.237 e. The maximum atomic E-state index is 11.6. The molecular formula is C13H27N3O. The minimum absolute atomic E-state index is 0.0151. The maximum Gasteiger partial charge on any atom is 0.237 e. The Kier molecular flexibility index (Phi) is 6.52. The molecule has 0 saturated carbocycles. The first-order valence-corrected chi connectivity index (χ1v) is 6.87. The Morgan fingerprint density at radius 2 is 1.94 bits per heavy atom. The van der Waals surface area contributed by atoms with Gasteiger partial charge in [0.15, 0.2) is 0 Å². The van der Waals surface area contributed by atoms with E-state index in [1.807, 2.05) is 13.8 Å². The summed E-state index contributed by atoms with van der Waals surface area (Å²) < 4.78 is 0. The minimum atomic E-state index is -0.370. The number of hydrogen-bond acceptors (Lipinski definition) is 3. The molecule has 1 aliphatic heterocycles. The van der Waals surface area contributed by atoms with Crippen molar-refractivity contribution in [1.82, 2.24) is 10.2 Å². The van der Waals surface area contributed by atoms with Crippen LogP contribution in [0.4, 0.5) is 0 Å². The Morgan fingerprint density at radius 3 is 2.53 bits per heavy atom. The number of nitrogens with one attached hydrogen (secondary N) is 1. The Hall–Kier alpha value is -0.610. The molecule has 0 aromatic heterocycles. The molecule has 1 rings (SSSR count). The van der Waals surface area contributed by atoms with Crippen LogP contribution >= 0.6 is 0 Å². The maximum absolute atomic E-state index is 11.6. The van der Waals surface area contributed by atoms with Crippen LogP contribution in [0.15, 0.2) is 0 Å². The van der Waals surface area contributed by atoms with Gasteiger partial charge in [-0.2, -0.15) is 0 Å². The zero-order valence-corrected chi connectivity index (χ0v) is 11.2. The Bertz CT molecular complexity index is 225. The predicted octanol–water partition coefficient (Wildman–Crippen LogP) is 0.962. The number of nitrogens with zero attached hydrogens (tertiary/aromatic N) is 1. The van der Waals surface area contributed by atoms with Gasteiger partial charge in [0.1, 0.15) is 0 Å². The van der Waals surface area contributed by atoms with E-state index in [1.165, 1.54) is 32.4 Å². The van der Waals surface area contributed by atoms with Gasteiger partial charge in [0.05, 0.1) is 6.04 Å². The average Bonchev–Trinajstić information content (AvgIpc) is 2.34. The SMILES string of the molecule is CC(C)[C@@H](N)C(=O)NCCCN1CCCCC1. The summed E-state index contributed by atoms with van der Waals surface area (Å²) >= 11 is 0. The molecule has 1 saturated heterocycles.